The Morgan fingerprint density at radius 2 is 1.80 bits per heavy atom. The maximum atomic E-state index is 11.6. The van der Waals surface area contributed by atoms with Crippen molar-refractivity contribution in [3.8, 4) is 0 Å². The summed E-state index contributed by atoms with van der Waals surface area (Å²) in [5, 5.41) is 4.84. The Balaban J connectivity index is 2.41. The van der Waals surface area contributed by atoms with Gasteiger partial charge in [-0.2, -0.15) is 0 Å². The van der Waals surface area contributed by atoms with Crippen LogP contribution in [0, 0.1) is 3.57 Å². The molecule has 0 spiro atoms. The summed E-state index contributed by atoms with van der Waals surface area (Å²) in [6.07, 6.45) is 0. The molecule has 15 heavy (non-hydrogen) atoms. The molecule has 1 saturated heterocycles. The molecule has 1 atom stereocenters. The van der Waals surface area contributed by atoms with Crippen molar-refractivity contribution in [1.82, 2.24) is 10.6 Å². The van der Waals surface area contributed by atoms with Crippen molar-refractivity contribution in [1.29, 1.82) is 0 Å². The van der Waals surface area contributed by atoms with E-state index in [1.807, 2.05) is 24.3 Å². The van der Waals surface area contributed by atoms with Crippen LogP contribution in [0.1, 0.15) is 12.5 Å². The van der Waals surface area contributed by atoms with Crippen molar-refractivity contribution in [3.05, 3.63) is 33.4 Å². The van der Waals surface area contributed by atoms with Crippen molar-refractivity contribution < 1.29 is 9.59 Å². The number of rotatable bonds is 1. The van der Waals surface area contributed by atoms with Gasteiger partial charge in [-0.15, -0.1) is 0 Å². The molecule has 1 heterocycles. The average molecular weight is 316 g/mol. The molecular weight excluding hydrogens is 307 g/mol. The van der Waals surface area contributed by atoms with Crippen molar-refractivity contribution in [2.24, 2.45) is 0 Å². The molecule has 0 radical (unpaired) electrons. The molecule has 0 aromatic heterocycles. The zero-order valence-corrected chi connectivity index (χ0v) is 10.2. The first-order valence-electron chi connectivity index (χ1n) is 4.42. The monoisotopic (exact) mass is 316 g/mol. The zero-order chi connectivity index (χ0) is 11.1. The zero-order valence-electron chi connectivity index (χ0n) is 8.00. The second-order valence-electron chi connectivity index (χ2n) is 3.54. The first-order chi connectivity index (χ1) is 7.02. The van der Waals surface area contributed by atoms with Gasteiger partial charge in [0.15, 0.2) is 0 Å². The van der Waals surface area contributed by atoms with Gasteiger partial charge in [-0.05, 0) is 47.2 Å². The summed E-state index contributed by atoms with van der Waals surface area (Å²) in [7, 11) is 0. The lowest BCUT2D eigenvalue weighted by molar-refractivity contribution is -0.123. The minimum absolute atomic E-state index is 0.311. The summed E-state index contributed by atoms with van der Waals surface area (Å²) in [5.74, 6) is -0.311. The Hall–Kier alpha value is -1.11. The molecule has 3 amide bonds. The highest BCUT2D eigenvalue weighted by Crippen LogP contribution is 2.24. The Morgan fingerprint density at radius 1 is 1.20 bits per heavy atom. The fraction of sp³-hybridized carbons (Fsp3) is 0.200. The number of urea groups is 1. The van der Waals surface area contributed by atoms with Gasteiger partial charge < -0.3 is 5.32 Å². The van der Waals surface area contributed by atoms with Crippen molar-refractivity contribution in [3.63, 3.8) is 0 Å². The third kappa shape index (κ3) is 1.71. The van der Waals surface area contributed by atoms with Crippen molar-refractivity contribution >= 4 is 34.5 Å². The van der Waals surface area contributed by atoms with Crippen molar-refractivity contribution in [2.75, 3.05) is 0 Å². The molecule has 1 fully saturated rings. The molecule has 5 heteroatoms. The van der Waals surface area contributed by atoms with E-state index in [2.05, 4.69) is 33.2 Å². The fourth-order valence-electron chi connectivity index (χ4n) is 1.53. The normalized spacial score (nSPS) is 24.9. The molecule has 78 valence electrons. The predicted octanol–water partition coefficient (Wildman–Crippen LogP) is 1.35. The van der Waals surface area contributed by atoms with Crippen molar-refractivity contribution in [2.45, 2.75) is 12.5 Å². The van der Waals surface area contributed by atoms with Gasteiger partial charge in [-0.25, -0.2) is 4.79 Å². The van der Waals surface area contributed by atoms with Crippen LogP contribution in [-0.4, -0.2) is 11.9 Å². The van der Waals surface area contributed by atoms with Crippen LogP contribution in [0.2, 0.25) is 0 Å². The van der Waals surface area contributed by atoms with E-state index in [0.717, 1.165) is 9.13 Å². The molecule has 0 unspecified atom stereocenters. The second kappa shape index (κ2) is 3.48. The number of imide groups is 1. The largest absolute Gasteiger partial charge is 0.322 e. The van der Waals surface area contributed by atoms with Crippen LogP contribution >= 0.6 is 22.6 Å². The van der Waals surface area contributed by atoms with Gasteiger partial charge in [0, 0.05) is 3.57 Å². The number of carbonyl (C=O) groups excluding carboxylic acids is 2. The predicted molar refractivity (Wildman–Crippen MR) is 63.2 cm³/mol. The summed E-state index contributed by atoms with van der Waals surface area (Å²) < 4.78 is 1.09. The molecular formula is C10H9IN2O2. The van der Waals surface area contributed by atoms with Gasteiger partial charge in [-0.3, -0.25) is 10.1 Å². The van der Waals surface area contributed by atoms with Crippen LogP contribution in [0.3, 0.4) is 0 Å². The van der Waals surface area contributed by atoms with Crippen LogP contribution in [0.5, 0.6) is 0 Å². The minimum atomic E-state index is -0.943. The topological polar surface area (TPSA) is 58.2 Å². The number of hydrogen-bond acceptors (Lipinski definition) is 2. The third-order valence-electron chi connectivity index (χ3n) is 2.47. The number of benzene rings is 1. The molecule has 1 aliphatic heterocycles. The van der Waals surface area contributed by atoms with Crippen LogP contribution < -0.4 is 10.6 Å². The Bertz CT molecular complexity index is 430. The van der Waals surface area contributed by atoms with Crippen LogP contribution in [0.15, 0.2) is 24.3 Å². The lowest BCUT2D eigenvalue weighted by atomic mass is 9.92. The van der Waals surface area contributed by atoms with Gasteiger partial charge in [0.05, 0.1) is 0 Å². The van der Waals surface area contributed by atoms with E-state index in [4.69, 9.17) is 0 Å². The lowest BCUT2D eigenvalue weighted by Gasteiger charge is -2.20. The second-order valence-corrected chi connectivity index (χ2v) is 4.79. The van der Waals surface area contributed by atoms with E-state index in [9.17, 15) is 9.59 Å². The van der Waals surface area contributed by atoms with E-state index in [1.165, 1.54) is 0 Å². The summed E-state index contributed by atoms with van der Waals surface area (Å²) >= 11 is 2.19. The molecule has 0 saturated carbocycles. The van der Waals surface area contributed by atoms with Crippen LogP contribution in [0.4, 0.5) is 4.79 Å². The van der Waals surface area contributed by atoms with Gasteiger partial charge in [0.1, 0.15) is 5.54 Å². The molecule has 1 aliphatic rings. The minimum Gasteiger partial charge on any atom is -0.320 e. The Kier molecular flexibility index (Phi) is 2.41. The number of carbonyl (C=O) groups is 2. The maximum absolute atomic E-state index is 11.6. The molecule has 0 aliphatic carbocycles. The van der Waals surface area contributed by atoms with Gasteiger partial charge >= 0.3 is 6.03 Å². The smallest absolute Gasteiger partial charge is 0.320 e. The van der Waals surface area contributed by atoms with E-state index in [0.29, 0.717) is 0 Å². The molecule has 1 aromatic rings. The first kappa shape index (κ1) is 10.4. The standard InChI is InChI=1S/C10H9IN2O2/c1-10(8(14)12-9(15)13-10)6-2-4-7(11)5-3-6/h2-5H,1H3,(H2,12,13,14,15)/t10-/m1/s1. The van der Waals surface area contributed by atoms with Gasteiger partial charge in [0.25, 0.3) is 5.91 Å². The van der Waals surface area contributed by atoms with Gasteiger partial charge in [-0.1, -0.05) is 12.1 Å². The third-order valence-corrected chi connectivity index (χ3v) is 3.19. The highest BCUT2D eigenvalue weighted by Gasteiger charge is 2.43. The summed E-state index contributed by atoms with van der Waals surface area (Å²) in [5.41, 5.74) is -0.159. The number of amides is 3. The fourth-order valence-corrected chi connectivity index (χ4v) is 1.89. The molecule has 0 bridgehead atoms. The molecule has 2 N–H and O–H groups in total. The molecule has 4 nitrogen and oxygen atoms in total. The SMILES string of the molecule is C[C@]1(c2ccc(I)cc2)NC(=O)NC1=O. The summed E-state index contributed by atoms with van der Waals surface area (Å²) in [6.45, 7) is 1.69. The van der Waals surface area contributed by atoms with E-state index in [-0.39, 0.29) is 5.91 Å². The number of halogens is 1. The molecule has 2 rings (SSSR count). The Morgan fingerprint density at radius 3 is 2.27 bits per heavy atom. The highest BCUT2D eigenvalue weighted by atomic mass is 127. The summed E-state index contributed by atoms with van der Waals surface area (Å²) in [6, 6.07) is 7.04. The van der Waals surface area contributed by atoms with Crippen LogP contribution in [-0.2, 0) is 10.3 Å². The average Bonchev–Trinajstić information content (AvgIpc) is 2.42. The Labute approximate surface area is 101 Å². The molecule has 1 aromatic carbocycles. The van der Waals surface area contributed by atoms with E-state index in [1.54, 1.807) is 6.92 Å². The van der Waals surface area contributed by atoms with Gasteiger partial charge in [0.2, 0.25) is 0 Å². The lowest BCUT2D eigenvalue weighted by Crippen LogP contribution is -2.40. The summed E-state index contributed by atoms with van der Waals surface area (Å²) in [4.78, 5) is 22.7. The highest BCUT2D eigenvalue weighted by molar-refractivity contribution is 14.1. The van der Waals surface area contributed by atoms with E-state index >= 15 is 0 Å². The number of hydrogen-bond donors (Lipinski definition) is 2. The first-order valence-corrected chi connectivity index (χ1v) is 5.50. The maximum Gasteiger partial charge on any atom is 0.322 e. The van der Waals surface area contributed by atoms with E-state index < -0.39 is 11.6 Å². The number of nitrogens with one attached hydrogen (secondary N) is 2. The quantitative estimate of drug-likeness (QED) is 0.607. The van der Waals surface area contributed by atoms with Crippen LogP contribution in [0.25, 0.3) is 0 Å².